The minimum absolute atomic E-state index is 0.0968. The van der Waals surface area contributed by atoms with Crippen LogP contribution in [0.2, 0.25) is 0 Å². The van der Waals surface area contributed by atoms with E-state index in [2.05, 4.69) is 0 Å². The largest absolute Gasteiger partial charge is 0.497 e. The lowest BCUT2D eigenvalue weighted by Gasteiger charge is -2.13. The zero-order valence-electron chi connectivity index (χ0n) is 15.2. The van der Waals surface area contributed by atoms with Crippen LogP contribution in [0.25, 0.3) is 0 Å². The van der Waals surface area contributed by atoms with Crippen LogP contribution >= 0.6 is 11.6 Å². The van der Waals surface area contributed by atoms with Crippen LogP contribution in [0.15, 0.2) is 60.7 Å². The molecule has 0 atom stereocenters. The molecule has 0 aliphatic carbocycles. The van der Waals surface area contributed by atoms with Crippen molar-refractivity contribution in [1.82, 2.24) is 0 Å². The van der Waals surface area contributed by atoms with Crippen molar-refractivity contribution in [2.24, 2.45) is 0 Å². The molecule has 3 aromatic rings. The molecule has 0 aliphatic heterocycles. The number of rotatable bonds is 7. The van der Waals surface area contributed by atoms with Crippen LogP contribution in [0.3, 0.4) is 0 Å². The number of hydrogen-bond acceptors (Lipinski definition) is 4. The molecular formula is C22H15ClF2O4. The minimum Gasteiger partial charge on any atom is -0.497 e. The summed E-state index contributed by atoms with van der Waals surface area (Å²) in [4.78, 5) is 24.1. The highest BCUT2D eigenvalue weighted by Gasteiger charge is 2.17. The second-order valence-electron chi connectivity index (χ2n) is 6.07. The van der Waals surface area contributed by atoms with Gasteiger partial charge in [0.2, 0.25) is 0 Å². The van der Waals surface area contributed by atoms with Crippen molar-refractivity contribution in [2.75, 3.05) is 7.11 Å². The van der Waals surface area contributed by atoms with Crippen LogP contribution in [0.1, 0.15) is 31.8 Å². The summed E-state index contributed by atoms with van der Waals surface area (Å²) in [5.74, 6) is -0.854. The molecule has 0 saturated carbocycles. The number of benzene rings is 3. The Bertz CT molecular complexity index is 1060. The van der Waals surface area contributed by atoms with E-state index in [0.717, 1.165) is 6.07 Å². The van der Waals surface area contributed by atoms with Crippen LogP contribution in [0.4, 0.5) is 8.78 Å². The Labute approximate surface area is 170 Å². The number of carbonyl (C=O) groups is 2. The van der Waals surface area contributed by atoms with E-state index < -0.39 is 22.7 Å². The SMILES string of the molecule is COc1ccc(C(=O)c2ccc(F)cc2)c(OCc2cc(C(=O)Cl)ccc2F)c1. The normalized spacial score (nSPS) is 10.5. The number of methoxy groups -OCH3 is 1. The molecule has 0 spiro atoms. The predicted octanol–water partition coefficient (Wildman–Crippen LogP) is 5.16. The Kier molecular flexibility index (Phi) is 6.24. The van der Waals surface area contributed by atoms with Crippen LogP contribution in [0, 0.1) is 11.6 Å². The molecule has 3 rings (SSSR count). The molecule has 0 N–H and O–H groups in total. The molecule has 4 nitrogen and oxygen atoms in total. The second kappa shape index (κ2) is 8.84. The molecule has 0 saturated heterocycles. The Morgan fingerprint density at radius 2 is 1.62 bits per heavy atom. The van der Waals surface area contributed by atoms with Crippen LogP contribution in [0.5, 0.6) is 11.5 Å². The van der Waals surface area contributed by atoms with Gasteiger partial charge in [0.15, 0.2) is 5.78 Å². The third kappa shape index (κ3) is 4.78. The summed E-state index contributed by atoms with van der Waals surface area (Å²) in [5, 5.41) is -0.722. The van der Waals surface area contributed by atoms with E-state index in [-0.39, 0.29) is 34.6 Å². The average Bonchev–Trinajstić information content (AvgIpc) is 2.72. The molecule has 0 heterocycles. The molecule has 0 fully saturated rings. The maximum atomic E-state index is 14.1. The number of ketones is 1. The van der Waals surface area contributed by atoms with Crippen molar-refractivity contribution in [3.05, 3.63) is 94.6 Å². The maximum Gasteiger partial charge on any atom is 0.252 e. The van der Waals surface area contributed by atoms with E-state index in [1.165, 1.54) is 55.6 Å². The van der Waals surface area contributed by atoms with Gasteiger partial charge in [0.05, 0.1) is 12.7 Å². The van der Waals surface area contributed by atoms with Gasteiger partial charge in [-0.2, -0.15) is 0 Å². The summed E-state index contributed by atoms with van der Waals surface area (Å²) in [5.41, 5.74) is 0.684. The highest BCUT2D eigenvalue weighted by atomic mass is 35.5. The van der Waals surface area contributed by atoms with Crippen molar-refractivity contribution in [3.63, 3.8) is 0 Å². The molecule has 0 aliphatic rings. The average molecular weight is 417 g/mol. The van der Waals surface area contributed by atoms with Gasteiger partial charge in [-0.25, -0.2) is 8.78 Å². The Morgan fingerprint density at radius 1 is 0.931 bits per heavy atom. The van der Waals surface area contributed by atoms with E-state index >= 15 is 0 Å². The van der Waals surface area contributed by atoms with Crippen LogP contribution in [-0.4, -0.2) is 18.1 Å². The van der Waals surface area contributed by atoms with E-state index in [4.69, 9.17) is 21.1 Å². The first-order chi connectivity index (χ1) is 13.9. The summed E-state index contributed by atoms with van der Waals surface area (Å²) >= 11 is 5.44. The summed E-state index contributed by atoms with van der Waals surface area (Å²) in [6.07, 6.45) is 0. The van der Waals surface area contributed by atoms with Crippen molar-refractivity contribution >= 4 is 22.6 Å². The number of carbonyl (C=O) groups excluding carboxylic acids is 2. The molecule has 7 heteroatoms. The van der Waals surface area contributed by atoms with Gasteiger partial charge in [-0.3, -0.25) is 9.59 Å². The zero-order valence-corrected chi connectivity index (χ0v) is 16.0. The summed E-state index contributed by atoms with van der Waals surface area (Å²) in [7, 11) is 1.45. The predicted molar refractivity (Wildman–Crippen MR) is 104 cm³/mol. The van der Waals surface area contributed by atoms with Gasteiger partial charge < -0.3 is 9.47 Å². The first kappa shape index (κ1) is 20.5. The summed E-state index contributed by atoms with van der Waals surface area (Å²) in [6, 6.07) is 13.3. The molecule has 0 bridgehead atoms. The Hall–Kier alpha value is -3.25. The van der Waals surface area contributed by atoms with Gasteiger partial charge in [-0.1, -0.05) is 0 Å². The fourth-order valence-electron chi connectivity index (χ4n) is 2.66. The highest BCUT2D eigenvalue weighted by Crippen LogP contribution is 2.28. The van der Waals surface area contributed by atoms with E-state index in [1.54, 1.807) is 6.07 Å². The van der Waals surface area contributed by atoms with Crippen molar-refractivity contribution < 1.29 is 27.8 Å². The first-order valence-corrected chi connectivity index (χ1v) is 8.86. The molecule has 0 amide bonds. The zero-order chi connectivity index (χ0) is 21.0. The lowest BCUT2D eigenvalue weighted by atomic mass is 10.0. The van der Waals surface area contributed by atoms with Crippen LogP contribution in [-0.2, 0) is 6.61 Å². The maximum absolute atomic E-state index is 14.1. The lowest BCUT2D eigenvalue weighted by molar-refractivity contribution is 0.103. The van der Waals surface area contributed by atoms with Crippen molar-refractivity contribution in [1.29, 1.82) is 0 Å². The van der Waals surface area contributed by atoms with E-state index in [1.807, 2.05) is 0 Å². The Morgan fingerprint density at radius 3 is 2.28 bits per heavy atom. The smallest absolute Gasteiger partial charge is 0.252 e. The molecule has 0 aromatic heterocycles. The molecular weight excluding hydrogens is 402 g/mol. The number of hydrogen-bond donors (Lipinski definition) is 0. The van der Waals surface area contributed by atoms with Gasteiger partial charge in [0.1, 0.15) is 29.7 Å². The monoisotopic (exact) mass is 416 g/mol. The quantitative estimate of drug-likeness (QED) is 0.394. The molecule has 0 unspecified atom stereocenters. The molecule has 148 valence electrons. The molecule has 29 heavy (non-hydrogen) atoms. The topological polar surface area (TPSA) is 52.6 Å². The second-order valence-corrected chi connectivity index (χ2v) is 6.41. The third-order valence-electron chi connectivity index (χ3n) is 4.20. The lowest BCUT2D eigenvalue weighted by Crippen LogP contribution is -2.07. The molecule has 3 aromatic carbocycles. The number of ether oxygens (including phenoxy) is 2. The third-order valence-corrected chi connectivity index (χ3v) is 4.41. The standard InChI is InChI=1S/C22H15ClF2O4/c1-28-17-7-8-18(21(26)13-2-5-16(24)6-3-13)20(11-17)29-12-15-10-14(22(23)27)4-9-19(15)25/h2-11H,12H2,1H3. The summed E-state index contributed by atoms with van der Waals surface area (Å²) < 4.78 is 38.1. The highest BCUT2D eigenvalue weighted by molar-refractivity contribution is 6.67. The first-order valence-electron chi connectivity index (χ1n) is 8.48. The van der Waals surface area contributed by atoms with Gasteiger partial charge in [-0.15, -0.1) is 0 Å². The number of halogens is 3. The van der Waals surface area contributed by atoms with Gasteiger partial charge in [-0.05, 0) is 66.2 Å². The molecule has 0 radical (unpaired) electrons. The fourth-order valence-corrected chi connectivity index (χ4v) is 2.77. The van der Waals surface area contributed by atoms with E-state index in [0.29, 0.717) is 5.75 Å². The Balaban J connectivity index is 1.92. The minimum atomic E-state index is -0.722. The van der Waals surface area contributed by atoms with Crippen molar-refractivity contribution in [3.8, 4) is 11.5 Å². The fraction of sp³-hybridized carbons (Fsp3) is 0.0909. The van der Waals surface area contributed by atoms with Gasteiger partial charge in [0.25, 0.3) is 5.24 Å². The van der Waals surface area contributed by atoms with E-state index in [9.17, 15) is 18.4 Å². The van der Waals surface area contributed by atoms with Gasteiger partial charge >= 0.3 is 0 Å². The van der Waals surface area contributed by atoms with Crippen molar-refractivity contribution in [2.45, 2.75) is 6.61 Å². The van der Waals surface area contributed by atoms with Crippen LogP contribution < -0.4 is 9.47 Å². The van der Waals surface area contributed by atoms with Gasteiger partial charge in [0, 0.05) is 22.8 Å². The summed E-state index contributed by atoms with van der Waals surface area (Å²) in [6.45, 7) is -0.249.